The molecule has 2 nitrogen and oxygen atoms in total. The molecule has 0 saturated carbocycles. The molecular formula is C11H14N2S. The quantitative estimate of drug-likeness (QED) is 0.819. The van der Waals surface area contributed by atoms with E-state index >= 15 is 0 Å². The molecule has 0 fully saturated rings. The number of fused-ring (bicyclic) bond motifs is 1. The fourth-order valence-corrected chi connectivity index (χ4v) is 2.59. The second-order valence-electron chi connectivity index (χ2n) is 3.47. The Morgan fingerprint density at radius 1 is 1.36 bits per heavy atom. The average Bonchev–Trinajstić information content (AvgIpc) is 2.52. The molecule has 1 aromatic carbocycles. The van der Waals surface area contributed by atoms with Crippen molar-refractivity contribution in [1.29, 1.82) is 0 Å². The largest absolute Gasteiger partial charge is 0.330 e. The summed E-state index contributed by atoms with van der Waals surface area (Å²) in [6.07, 6.45) is 0.943. The normalized spacial score (nSPS) is 11.1. The Morgan fingerprint density at radius 2 is 2.14 bits per heavy atom. The fraction of sp³-hybridized carbons (Fsp3) is 0.364. The van der Waals surface area contributed by atoms with Crippen LogP contribution in [-0.2, 0) is 6.42 Å². The zero-order chi connectivity index (χ0) is 10.1. The van der Waals surface area contributed by atoms with Crippen LogP contribution < -0.4 is 5.73 Å². The molecule has 14 heavy (non-hydrogen) atoms. The lowest BCUT2D eigenvalue weighted by Crippen LogP contribution is -2.04. The molecule has 0 saturated heterocycles. The molecule has 0 atom stereocenters. The van der Waals surface area contributed by atoms with Gasteiger partial charge in [-0.2, -0.15) is 0 Å². The molecule has 74 valence electrons. The first kappa shape index (κ1) is 9.62. The molecule has 1 aromatic heterocycles. The number of thiazole rings is 1. The number of hydrogen-bond acceptors (Lipinski definition) is 3. The monoisotopic (exact) mass is 206 g/mol. The Hall–Kier alpha value is -0.930. The van der Waals surface area contributed by atoms with Crippen molar-refractivity contribution in [3.8, 4) is 0 Å². The van der Waals surface area contributed by atoms with E-state index in [1.54, 1.807) is 11.3 Å². The van der Waals surface area contributed by atoms with Crippen LogP contribution in [0.1, 0.15) is 16.1 Å². The van der Waals surface area contributed by atoms with Crippen LogP contribution in [0, 0.1) is 13.8 Å². The van der Waals surface area contributed by atoms with Crippen molar-refractivity contribution < 1.29 is 0 Å². The molecule has 0 amide bonds. The van der Waals surface area contributed by atoms with E-state index in [9.17, 15) is 0 Å². The SMILES string of the molecule is Cc1nc2c(C)c(CCN)ccc2s1. The van der Waals surface area contributed by atoms with Crippen LogP contribution in [0.2, 0.25) is 0 Å². The van der Waals surface area contributed by atoms with Crippen molar-refractivity contribution in [3.05, 3.63) is 28.3 Å². The van der Waals surface area contributed by atoms with Crippen LogP contribution in [0.5, 0.6) is 0 Å². The smallest absolute Gasteiger partial charge is 0.0907 e. The molecule has 0 spiro atoms. The van der Waals surface area contributed by atoms with E-state index in [4.69, 9.17) is 5.73 Å². The lowest BCUT2D eigenvalue weighted by molar-refractivity contribution is 0.960. The van der Waals surface area contributed by atoms with E-state index in [-0.39, 0.29) is 0 Å². The minimum absolute atomic E-state index is 0.704. The van der Waals surface area contributed by atoms with Crippen LogP contribution in [0.4, 0.5) is 0 Å². The number of aryl methyl sites for hydroxylation is 2. The molecular weight excluding hydrogens is 192 g/mol. The fourth-order valence-electron chi connectivity index (χ4n) is 1.70. The lowest BCUT2D eigenvalue weighted by Gasteiger charge is -2.03. The first-order chi connectivity index (χ1) is 6.72. The van der Waals surface area contributed by atoms with Gasteiger partial charge in [0.1, 0.15) is 0 Å². The first-order valence-corrected chi connectivity index (χ1v) is 5.59. The summed E-state index contributed by atoms with van der Waals surface area (Å²) in [6.45, 7) is 4.88. The predicted molar refractivity (Wildman–Crippen MR) is 61.9 cm³/mol. The minimum atomic E-state index is 0.704. The third-order valence-electron chi connectivity index (χ3n) is 2.45. The van der Waals surface area contributed by atoms with E-state index in [2.05, 4.69) is 24.0 Å². The highest BCUT2D eigenvalue weighted by atomic mass is 32.1. The average molecular weight is 206 g/mol. The van der Waals surface area contributed by atoms with Gasteiger partial charge in [-0.1, -0.05) is 6.07 Å². The third-order valence-corrected chi connectivity index (χ3v) is 3.38. The summed E-state index contributed by atoms with van der Waals surface area (Å²) < 4.78 is 1.28. The van der Waals surface area contributed by atoms with Crippen LogP contribution in [0.3, 0.4) is 0 Å². The molecule has 0 aliphatic carbocycles. The van der Waals surface area contributed by atoms with Crippen molar-refractivity contribution in [2.24, 2.45) is 5.73 Å². The maximum atomic E-state index is 5.56. The van der Waals surface area contributed by atoms with Gasteiger partial charge in [-0.05, 0) is 44.0 Å². The maximum absolute atomic E-state index is 5.56. The Balaban J connectivity index is 2.61. The highest BCUT2D eigenvalue weighted by Gasteiger charge is 2.06. The van der Waals surface area contributed by atoms with Gasteiger partial charge in [-0.15, -0.1) is 11.3 Å². The molecule has 2 N–H and O–H groups in total. The topological polar surface area (TPSA) is 38.9 Å². The van der Waals surface area contributed by atoms with Gasteiger partial charge >= 0.3 is 0 Å². The van der Waals surface area contributed by atoms with Gasteiger partial charge in [-0.3, -0.25) is 0 Å². The van der Waals surface area contributed by atoms with Crippen molar-refractivity contribution in [2.45, 2.75) is 20.3 Å². The van der Waals surface area contributed by atoms with Gasteiger partial charge in [0.05, 0.1) is 15.2 Å². The van der Waals surface area contributed by atoms with E-state index < -0.39 is 0 Å². The van der Waals surface area contributed by atoms with Crippen molar-refractivity contribution in [1.82, 2.24) is 4.98 Å². The Morgan fingerprint density at radius 3 is 2.86 bits per heavy atom. The molecule has 2 aromatic rings. The minimum Gasteiger partial charge on any atom is -0.330 e. The molecule has 0 aliphatic heterocycles. The number of benzene rings is 1. The zero-order valence-electron chi connectivity index (χ0n) is 8.50. The van der Waals surface area contributed by atoms with Crippen molar-refractivity contribution in [2.75, 3.05) is 6.54 Å². The van der Waals surface area contributed by atoms with Gasteiger partial charge < -0.3 is 5.73 Å². The van der Waals surface area contributed by atoms with Crippen molar-refractivity contribution in [3.63, 3.8) is 0 Å². The van der Waals surface area contributed by atoms with Gasteiger partial charge in [0.2, 0.25) is 0 Å². The molecule has 0 bridgehead atoms. The summed E-state index contributed by atoms with van der Waals surface area (Å²) in [5.74, 6) is 0. The predicted octanol–water partition coefficient (Wildman–Crippen LogP) is 2.41. The molecule has 1 heterocycles. The number of hydrogen-bond donors (Lipinski definition) is 1. The number of aromatic nitrogens is 1. The number of nitrogens with two attached hydrogens (primary N) is 1. The molecule has 0 radical (unpaired) electrons. The van der Waals surface area contributed by atoms with Gasteiger partial charge in [0, 0.05) is 0 Å². The van der Waals surface area contributed by atoms with Crippen LogP contribution >= 0.6 is 11.3 Å². The summed E-state index contributed by atoms with van der Waals surface area (Å²) in [5.41, 5.74) is 9.33. The molecule has 0 unspecified atom stereocenters. The van der Waals surface area contributed by atoms with E-state index in [0.717, 1.165) is 16.9 Å². The molecule has 2 rings (SSSR count). The first-order valence-electron chi connectivity index (χ1n) is 4.78. The second-order valence-corrected chi connectivity index (χ2v) is 4.70. The van der Waals surface area contributed by atoms with Crippen LogP contribution in [0.25, 0.3) is 10.2 Å². The number of rotatable bonds is 2. The third kappa shape index (κ3) is 1.53. The highest BCUT2D eigenvalue weighted by Crippen LogP contribution is 2.26. The van der Waals surface area contributed by atoms with E-state index in [0.29, 0.717) is 6.54 Å². The number of nitrogens with zero attached hydrogens (tertiary/aromatic N) is 1. The Bertz CT molecular complexity index is 460. The summed E-state index contributed by atoms with van der Waals surface area (Å²) >= 11 is 1.75. The van der Waals surface area contributed by atoms with E-state index in [1.165, 1.54) is 15.8 Å². The second kappa shape index (κ2) is 3.67. The summed E-state index contributed by atoms with van der Waals surface area (Å²) in [7, 11) is 0. The van der Waals surface area contributed by atoms with Crippen molar-refractivity contribution >= 4 is 21.6 Å². The van der Waals surface area contributed by atoms with Gasteiger partial charge in [0.15, 0.2) is 0 Å². The van der Waals surface area contributed by atoms with Crippen LogP contribution in [0.15, 0.2) is 12.1 Å². The summed E-state index contributed by atoms with van der Waals surface area (Å²) in [6, 6.07) is 4.32. The highest BCUT2D eigenvalue weighted by molar-refractivity contribution is 7.18. The molecule has 3 heteroatoms. The Kier molecular flexibility index (Phi) is 2.52. The lowest BCUT2D eigenvalue weighted by atomic mass is 10.1. The Labute approximate surface area is 87.8 Å². The van der Waals surface area contributed by atoms with Crippen LogP contribution in [-0.4, -0.2) is 11.5 Å². The summed E-state index contributed by atoms with van der Waals surface area (Å²) in [4.78, 5) is 4.53. The van der Waals surface area contributed by atoms with Gasteiger partial charge in [0.25, 0.3) is 0 Å². The van der Waals surface area contributed by atoms with Gasteiger partial charge in [-0.25, -0.2) is 4.98 Å². The van der Waals surface area contributed by atoms with E-state index in [1.807, 2.05) is 6.92 Å². The zero-order valence-corrected chi connectivity index (χ0v) is 9.32. The standard InChI is InChI=1S/C11H14N2S/c1-7-9(5-6-12)3-4-10-11(7)13-8(2)14-10/h3-4H,5-6,12H2,1-2H3. The molecule has 0 aliphatic rings. The maximum Gasteiger partial charge on any atom is 0.0907 e. The summed E-state index contributed by atoms with van der Waals surface area (Å²) in [5, 5.41) is 1.13.